The monoisotopic (exact) mass is 322 g/mol. The maximum Gasteiger partial charge on any atom is 0.302 e. The van der Waals surface area contributed by atoms with Gasteiger partial charge in [0.2, 0.25) is 0 Å². The molecule has 126 valence electrons. The lowest BCUT2D eigenvalue weighted by Gasteiger charge is -2.38. The second-order valence-corrected chi connectivity index (χ2v) is 5.42. The molecule has 0 unspecified atom stereocenters. The zero-order valence-corrected chi connectivity index (χ0v) is 13.3. The Bertz CT molecular complexity index is 503. The Balaban J connectivity index is 2.01. The minimum Gasteiger partial charge on any atom is -0.463 e. The molecule has 0 aliphatic carbocycles. The van der Waals surface area contributed by atoms with Crippen molar-refractivity contribution in [2.75, 3.05) is 13.7 Å². The highest BCUT2D eigenvalue weighted by atomic mass is 16.6. The van der Waals surface area contributed by atoms with Gasteiger partial charge in [0.15, 0.2) is 6.29 Å². The molecule has 0 aromatic heterocycles. The van der Waals surface area contributed by atoms with Crippen LogP contribution < -0.4 is 0 Å². The van der Waals surface area contributed by atoms with Gasteiger partial charge in [0.25, 0.3) is 0 Å². The van der Waals surface area contributed by atoms with Crippen molar-refractivity contribution in [3.05, 3.63) is 35.9 Å². The Morgan fingerprint density at radius 3 is 2.65 bits per heavy atom. The van der Waals surface area contributed by atoms with Gasteiger partial charge in [-0.25, -0.2) is 0 Å². The van der Waals surface area contributed by atoms with E-state index in [1.807, 2.05) is 30.3 Å². The number of methoxy groups -OCH3 is 1. The molecular weight excluding hydrogens is 300 g/mol. The average molecular weight is 322 g/mol. The summed E-state index contributed by atoms with van der Waals surface area (Å²) in [6, 6.07) is 9.74. The van der Waals surface area contributed by atoms with Crippen LogP contribution in [0.3, 0.4) is 0 Å². The number of carbonyl (C=O) groups excluding carboxylic acids is 2. The van der Waals surface area contributed by atoms with Crippen molar-refractivity contribution in [3.8, 4) is 0 Å². The smallest absolute Gasteiger partial charge is 0.302 e. The molecule has 0 saturated carbocycles. The van der Waals surface area contributed by atoms with Gasteiger partial charge in [-0.05, 0) is 5.56 Å². The third-order valence-corrected chi connectivity index (χ3v) is 3.77. The van der Waals surface area contributed by atoms with Crippen LogP contribution in [-0.4, -0.2) is 50.4 Å². The van der Waals surface area contributed by atoms with Crippen molar-refractivity contribution in [3.63, 3.8) is 0 Å². The molecule has 1 aliphatic heterocycles. The highest BCUT2D eigenvalue weighted by Crippen LogP contribution is 2.25. The van der Waals surface area contributed by atoms with E-state index < -0.39 is 18.2 Å². The Labute approximate surface area is 135 Å². The lowest BCUT2D eigenvalue weighted by Crippen LogP contribution is -2.51. The van der Waals surface area contributed by atoms with Crippen molar-refractivity contribution in [2.45, 2.75) is 44.4 Å². The van der Waals surface area contributed by atoms with Gasteiger partial charge in [-0.1, -0.05) is 30.3 Å². The summed E-state index contributed by atoms with van der Waals surface area (Å²) in [5.74, 6) is -0.396. The average Bonchev–Trinajstić information content (AvgIpc) is 2.58. The maximum atomic E-state index is 11.1. The van der Waals surface area contributed by atoms with Crippen LogP contribution in [0, 0.1) is 0 Å². The fourth-order valence-electron chi connectivity index (χ4n) is 2.54. The van der Waals surface area contributed by atoms with Gasteiger partial charge in [-0.15, -0.1) is 0 Å². The van der Waals surface area contributed by atoms with Gasteiger partial charge in [0, 0.05) is 20.5 Å². The summed E-state index contributed by atoms with van der Waals surface area (Å²) in [4.78, 5) is 22.2. The molecule has 1 aromatic rings. The number of rotatable bonds is 7. The van der Waals surface area contributed by atoms with Crippen LogP contribution in [-0.2, 0) is 35.1 Å². The summed E-state index contributed by atoms with van der Waals surface area (Å²) in [5.41, 5.74) is 1.03. The van der Waals surface area contributed by atoms with Crippen LogP contribution in [0.5, 0.6) is 0 Å². The van der Waals surface area contributed by atoms with E-state index in [9.17, 15) is 9.59 Å². The molecule has 0 radical (unpaired) electrons. The van der Waals surface area contributed by atoms with Crippen LogP contribution in [0.25, 0.3) is 0 Å². The zero-order chi connectivity index (χ0) is 16.7. The minimum absolute atomic E-state index is 0.0512. The molecule has 6 heteroatoms. The number of hydrogen-bond acceptors (Lipinski definition) is 6. The number of esters is 1. The summed E-state index contributed by atoms with van der Waals surface area (Å²) < 4.78 is 22.0. The molecule has 1 heterocycles. The summed E-state index contributed by atoms with van der Waals surface area (Å²) in [6.45, 7) is 1.79. The molecule has 23 heavy (non-hydrogen) atoms. The molecule has 1 fully saturated rings. The molecule has 4 atom stereocenters. The van der Waals surface area contributed by atoms with Crippen molar-refractivity contribution in [1.29, 1.82) is 0 Å². The van der Waals surface area contributed by atoms with Gasteiger partial charge in [-0.3, -0.25) is 4.79 Å². The molecule has 0 N–H and O–H groups in total. The Morgan fingerprint density at radius 1 is 1.30 bits per heavy atom. The van der Waals surface area contributed by atoms with Crippen LogP contribution in [0.2, 0.25) is 0 Å². The molecule has 0 amide bonds. The number of benzene rings is 1. The topological polar surface area (TPSA) is 71.1 Å². The van der Waals surface area contributed by atoms with Crippen LogP contribution in [0.1, 0.15) is 18.9 Å². The first-order valence-electron chi connectivity index (χ1n) is 7.56. The lowest BCUT2D eigenvalue weighted by atomic mass is 9.98. The molecular formula is C17H22O6. The summed E-state index contributed by atoms with van der Waals surface area (Å²) in [7, 11) is 1.53. The van der Waals surface area contributed by atoms with Crippen molar-refractivity contribution in [1.82, 2.24) is 0 Å². The van der Waals surface area contributed by atoms with E-state index in [1.54, 1.807) is 0 Å². The van der Waals surface area contributed by atoms with Crippen LogP contribution >= 0.6 is 0 Å². The van der Waals surface area contributed by atoms with E-state index in [0.717, 1.165) is 5.56 Å². The molecule has 6 nitrogen and oxygen atoms in total. The zero-order valence-electron chi connectivity index (χ0n) is 13.3. The summed E-state index contributed by atoms with van der Waals surface area (Å²) in [5, 5.41) is 0. The Hall–Kier alpha value is -1.76. The fraction of sp³-hybridized carbons (Fsp3) is 0.529. The first kappa shape index (κ1) is 17.6. The minimum atomic E-state index is -0.683. The van der Waals surface area contributed by atoms with Gasteiger partial charge >= 0.3 is 5.97 Å². The number of carbonyl (C=O) groups is 2. The second kappa shape index (κ2) is 8.76. The van der Waals surface area contributed by atoms with E-state index in [4.69, 9.17) is 18.9 Å². The first-order valence-corrected chi connectivity index (χ1v) is 7.56. The largest absolute Gasteiger partial charge is 0.463 e. The molecule has 0 bridgehead atoms. The maximum absolute atomic E-state index is 11.1. The molecule has 0 spiro atoms. The number of ether oxygens (including phenoxy) is 4. The SMILES string of the molecule is CO[C@@H]1C[C@H](OCc2ccccc2)[C@@H](COC(C)=O)O[C@H]1C=O. The fourth-order valence-corrected chi connectivity index (χ4v) is 2.54. The highest BCUT2D eigenvalue weighted by molar-refractivity contribution is 5.65. The molecule has 1 saturated heterocycles. The van der Waals surface area contributed by atoms with E-state index in [0.29, 0.717) is 19.3 Å². The molecule has 1 aromatic carbocycles. The number of aldehydes is 1. The Kier molecular flexibility index (Phi) is 6.70. The van der Waals surface area contributed by atoms with Gasteiger partial charge in [0.1, 0.15) is 18.8 Å². The molecule has 1 aliphatic rings. The van der Waals surface area contributed by atoms with Gasteiger partial charge in [0.05, 0.1) is 18.8 Å². The first-order chi connectivity index (χ1) is 11.1. The molecule has 2 rings (SSSR count). The third-order valence-electron chi connectivity index (χ3n) is 3.77. The normalized spacial score (nSPS) is 27.4. The predicted octanol–water partition coefficient (Wildman–Crippen LogP) is 1.51. The van der Waals surface area contributed by atoms with E-state index in [2.05, 4.69) is 0 Å². The summed E-state index contributed by atoms with van der Waals surface area (Å²) >= 11 is 0. The predicted molar refractivity (Wildman–Crippen MR) is 81.8 cm³/mol. The van der Waals surface area contributed by atoms with E-state index in [1.165, 1.54) is 14.0 Å². The van der Waals surface area contributed by atoms with Crippen LogP contribution in [0.4, 0.5) is 0 Å². The van der Waals surface area contributed by atoms with Crippen molar-refractivity contribution < 1.29 is 28.5 Å². The highest BCUT2D eigenvalue weighted by Gasteiger charge is 2.39. The van der Waals surface area contributed by atoms with Gasteiger partial charge in [-0.2, -0.15) is 0 Å². The van der Waals surface area contributed by atoms with Crippen molar-refractivity contribution >= 4 is 12.3 Å². The standard InChI is InChI=1S/C17H22O6/c1-12(19)21-11-17-15(8-14(20-2)16(9-18)23-17)22-10-13-6-4-3-5-7-13/h3-7,9,14-17H,8,10-11H2,1-2H3/t14-,15+,16+,17-/m1/s1. The van der Waals surface area contributed by atoms with Crippen molar-refractivity contribution in [2.24, 2.45) is 0 Å². The quantitative estimate of drug-likeness (QED) is 0.560. The lowest BCUT2D eigenvalue weighted by molar-refractivity contribution is -0.202. The van der Waals surface area contributed by atoms with Gasteiger partial charge < -0.3 is 23.7 Å². The van der Waals surface area contributed by atoms with E-state index >= 15 is 0 Å². The van der Waals surface area contributed by atoms with E-state index in [-0.39, 0.29) is 18.8 Å². The summed E-state index contributed by atoms with van der Waals surface area (Å²) in [6.07, 6.45) is -0.667. The Morgan fingerprint density at radius 2 is 2.04 bits per heavy atom. The van der Waals surface area contributed by atoms with Crippen LogP contribution in [0.15, 0.2) is 30.3 Å². The third kappa shape index (κ3) is 5.13. The second-order valence-electron chi connectivity index (χ2n) is 5.42. The number of hydrogen-bond donors (Lipinski definition) is 0.